The molecule has 2 N–H and O–H groups in total. The Kier molecular flexibility index (Phi) is 7.30. The van der Waals surface area contributed by atoms with Gasteiger partial charge in [-0.3, -0.25) is 4.79 Å². The van der Waals surface area contributed by atoms with Crippen molar-refractivity contribution in [3.63, 3.8) is 0 Å². The van der Waals surface area contributed by atoms with Gasteiger partial charge in [-0.05, 0) is 41.5 Å². The van der Waals surface area contributed by atoms with Gasteiger partial charge in [0.2, 0.25) is 5.91 Å². The molecule has 3 aromatic rings. The smallest absolute Gasteiger partial charge is 0.243 e. The van der Waals surface area contributed by atoms with Crippen molar-refractivity contribution >= 4 is 28.1 Å². The van der Waals surface area contributed by atoms with E-state index >= 15 is 0 Å². The van der Waals surface area contributed by atoms with Gasteiger partial charge in [0.1, 0.15) is 5.75 Å². The molecular formula is C24H28N2O2. The first kappa shape index (κ1) is 19.7. The van der Waals surface area contributed by atoms with Gasteiger partial charge in [0, 0.05) is 17.4 Å². The fraction of sp³-hybridized carbons (Fsp3) is 0.292. The summed E-state index contributed by atoms with van der Waals surface area (Å²) in [6.45, 7) is 3.13. The molecule has 146 valence electrons. The fourth-order valence-electron chi connectivity index (χ4n) is 3.07. The standard InChI is InChI=1S/C24H28N2O2/c1-2-3-4-7-15-28-23-12-8-11-21(17-23)25-18-24(27)26-22-14-13-19-9-5-6-10-20(19)16-22/h5-6,8-14,16-17,25H,2-4,7,15,18H2,1H3,(H,26,27). The molecule has 3 rings (SSSR count). The summed E-state index contributed by atoms with van der Waals surface area (Å²) in [6, 6.07) is 21.8. The summed E-state index contributed by atoms with van der Waals surface area (Å²) < 4.78 is 5.80. The maximum atomic E-state index is 12.3. The Labute approximate surface area is 166 Å². The van der Waals surface area contributed by atoms with E-state index in [9.17, 15) is 4.79 Å². The van der Waals surface area contributed by atoms with Gasteiger partial charge >= 0.3 is 0 Å². The lowest BCUT2D eigenvalue weighted by Crippen LogP contribution is -2.21. The number of anilines is 2. The van der Waals surface area contributed by atoms with Gasteiger partial charge in [-0.2, -0.15) is 0 Å². The van der Waals surface area contributed by atoms with E-state index in [4.69, 9.17) is 4.74 Å². The number of benzene rings is 3. The van der Waals surface area contributed by atoms with E-state index in [1.54, 1.807) is 0 Å². The number of carbonyl (C=O) groups is 1. The largest absolute Gasteiger partial charge is 0.494 e. The second-order valence-electron chi connectivity index (χ2n) is 6.90. The van der Waals surface area contributed by atoms with Gasteiger partial charge in [0.25, 0.3) is 0 Å². The van der Waals surface area contributed by atoms with E-state index in [0.29, 0.717) is 0 Å². The predicted octanol–water partition coefficient (Wildman–Crippen LogP) is 5.85. The molecule has 0 aliphatic carbocycles. The highest BCUT2D eigenvalue weighted by Crippen LogP contribution is 2.20. The lowest BCUT2D eigenvalue weighted by molar-refractivity contribution is -0.114. The Morgan fingerprint density at radius 3 is 2.57 bits per heavy atom. The molecule has 1 amide bonds. The first-order chi connectivity index (χ1) is 13.7. The quantitative estimate of drug-likeness (QED) is 0.436. The minimum Gasteiger partial charge on any atom is -0.494 e. The summed E-state index contributed by atoms with van der Waals surface area (Å²) in [5.41, 5.74) is 1.68. The van der Waals surface area contributed by atoms with E-state index < -0.39 is 0 Å². The topological polar surface area (TPSA) is 50.4 Å². The first-order valence-corrected chi connectivity index (χ1v) is 10.00. The molecule has 28 heavy (non-hydrogen) atoms. The molecule has 0 atom stereocenters. The van der Waals surface area contributed by atoms with Crippen LogP contribution in [0.4, 0.5) is 11.4 Å². The van der Waals surface area contributed by atoms with Gasteiger partial charge in [-0.25, -0.2) is 0 Å². The fourth-order valence-corrected chi connectivity index (χ4v) is 3.07. The van der Waals surface area contributed by atoms with Gasteiger partial charge < -0.3 is 15.4 Å². The maximum absolute atomic E-state index is 12.3. The van der Waals surface area contributed by atoms with Crippen LogP contribution in [0.3, 0.4) is 0 Å². The van der Waals surface area contributed by atoms with Crippen molar-refractivity contribution in [2.45, 2.75) is 32.6 Å². The molecule has 4 heteroatoms. The number of carbonyl (C=O) groups excluding carboxylic acids is 1. The van der Waals surface area contributed by atoms with Crippen molar-refractivity contribution in [2.75, 3.05) is 23.8 Å². The molecule has 0 spiro atoms. The third-order valence-electron chi connectivity index (χ3n) is 4.59. The zero-order valence-electron chi connectivity index (χ0n) is 16.4. The highest BCUT2D eigenvalue weighted by atomic mass is 16.5. The highest BCUT2D eigenvalue weighted by molar-refractivity contribution is 5.96. The van der Waals surface area contributed by atoms with E-state index in [1.807, 2.05) is 60.7 Å². The summed E-state index contributed by atoms with van der Waals surface area (Å²) in [5.74, 6) is 0.748. The van der Waals surface area contributed by atoms with Crippen LogP contribution in [-0.4, -0.2) is 19.1 Å². The van der Waals surface area contributed by atoms with Crippen LogP contribution < -0.4 is 15.4 Å². The molecule has 0 aliphatic rings. The van der Waals surface area contributed by atoms with Crippen molar-refractivity contribution < 1.29 is 9.53 Å². The number of ether oxygens (including phenoxy) is 1. The Morgan fingerprint density at radius 2 is 1.71 bits per heavy atom. The van der Waals surface area contributed by atoms with Gasteiger partial charge in [-0.1, -0.05) is 62.6 Å². The number of fused-ring (bicyclic) bond motifs is 1. The molecule has 0 saturated carbocycles. The number of rotatable bonds is 10. The highest BCUT2D eigenvalue weighted by Gasteiger charge is 2.04. The lowest BCUT2D eigenvalue weighted by Gasteiger charge is -2.11. The normalized spacial score (nSPS) is 10.6. The van der Waals surface area contributed by atoms with Crippen LogP contribution in [-0.2, 0) is 4.79 Å². The van der Waals surface area contributed by atoms with Crippen molar-refractivity contribution in [1.29, 1.82) is 0 Å². The van der Waals surface area contributed by atoms with E-state index in [2.05, 4.69) is 23.6 Å². The monoisotopic (exact) mass is 376 g/mol. The third kappa shape index (κ3) is 6.02. The average Bonchev–Trinajstić information content (AvgIpc) is 2.72. The minimum atomic E-state index is -0.0823. The van der Waals surface area contributed by atoms with Crippen LogP contribution in [0.5, 0.6) is 5.75 Å². The van der Waals surface area contributed by atoms with Crippen LogP contribution in [0.25, 0.3) is 10.8 Å². The van der Waals surface area contributed by atoms with Gasteiger partial charge in [0.15, 0.2) is 0 Å². The number of unbranched alkanes of at least 4 members (excludes halogenated alkanes) is 3. The molecule has 0 saturated heterocycles. The molecule has 4 nitrogen and oxygen atoms in total. The summed E-state index contributed by atoms with van der Waals surface area (Å²) in [4.78, 5) is 12.3. The summed E-state index contributed by atoms with van der Waals surface area (Å²) in [6.07, 6.45) is 4.74. The van der Waals surface area contributed by atoms with E-state index in [1.165, 1.54) is 19.3 Å². The minimum absolute atomic E-state index is 0.0823. The van der Waals surface area contributed by atoms with Crippen molar-refractivity contribution in [3.8, 4) is 5.75 Å². The maximum Gasteiger partial charge on any atom is 0.243 e. The molecule has 0 bridgehead atoms. The zero-order chi connectivity index (χ0) is 19.6. The van der Waals surface area contributed by atoms with Crippen LogP contribution >= 0.6 is 0 Å². The van der Waals surface area contributed by atoms with Crippen LogP contribution in [0.1, 0.15) is 32.6 Å². The van der Waals surface area contributed by atoms with Gasteiger partial charge in [0.05, 0.1) is 13.2 Å². The van der Waals surface area contributed by atoms with Crippen LogP contribution in [0, 0.1) is 0 Å². The van der Waals surface area contributed by atoms with E-state index in [-0.39, 0.29) is 12.5 Å². The average molecular weight is 377 g/mol. The zero-order valence-corrected chi connectivity index (χ0v) is 16.4. The molecule has 0 radical (unpaired) electrons. The molecule has 3 aromatic carbocycles. The van der Waals surface area contributed by atoms with Crippen molar-refractivity contribution in [1.82, 2.24) is 0 Å². The molecule has 0 fully saturated rings. The Balaban J connectivity index is 1.47. The summed E-state index contributed by atoms with van der Waals surface area (Å²) >= 11 is 0. The second-order valence-corrected chi connectivity index (χ2v) is 6.90. The second kappa shape index (κ2) is 10.4. The lowest BCUT2D eigenvalue weighted by atomic mass is 10.1. The number of hydrogen-bond acceptors (Lipinski definition) is 3. The first-order valence-electron chi connectivity index (χ1n) is 10.00. The Bertz CT molecular complexity index is 908. The van der Waals surface area contributed by atoms with Crippen LogP contribution in [0.2, 0.25) is 0 Å². The van der Waals surface area contributed by atoms with Crippen molar-refractivity contribution in [2.24, 2.45) is 0 Å². The number of amides is 1. The third-order valence-corrected chi connectivity index (χ3v) is 4.59. The number of hydrogen-bond donors (Lipinski definition) is 2. The van der Waals surface area contributed by atoms with Crippen molar-refractivity contribution in [3.05, 3.63) is 66.7 Å². The van der Waals surface area contributed by atoms with Crippen LogP contribution in [0.15, 0.2) is 66.7 Å². The summed E-state index contributed by atoms with van der Waals surface area (Å²) in [7, 11) is 0. The summed E-state index contributed by atoms with van der Waals surface area (Å²) in [5, 5.41) is 8.37. The number of nitrogens with one attached hydrogen (secondary N) is 2. The van der Waals surface area contributed by atoms with E-state index in [0.717, 1.165) is 40.9 Å². The molecular weight excluding hydrogens is 348 g/mol. The Morgan fingerprint density at radius 1 is 0.857 bits per heavy atom. The molecule has 0 aliphatic heterocycles. The SMILES string of the molecule is CCCCCCOc1cccc(NCC(=O)Nc2ccc3ccccc3c2)c1. The van der Waals surface area contributed by atoms with Gasteiger partial charge in [-0.15, -0.1) is 0 Å². The molecule has 0 aromatic heterocycles. The molecule has 0 unspecified atom stereocenters. The molecule has 0 heterocycles. The predicted molar refractivity (Wildman–Crippen MR) is 117 cm³/mol. The Hall–Kier alpha value is -3.01.